The first-order valence-electron chi connectivity index (χ1n) is 5.43. The third-order valence-corrected chi connectivity index (χ3v) is 2.71. The predicted molar refractivity (Wildman–Crippen MR) is 65.3 cm³/mol. The van der Waals surface area contributed by atoms with E-state index in [0.717, 1.165) is 16.6 Å². The molecule has 88 valence electrons. The van der Waals surface area contributed by atoms with Crippen LogP contribution in [0.4, 0.5) is 4.39 Å². The normalized spacial score (nSPS) is 10.8. The lowest BCUT2D eigenvalue weighted by Crippen LogP contribution is -1.92. The van der Waals surface area contributed by atoms with Gasteiger partial charge in [0.05, 0.1) is 17.6 Å². The first-order valence-corrected chi connectivity index (χ1v) is 5.43. The standard InChI is InChI=1S/C13H9FN4/c1-8-11-4-9(5-16-13(11)18-7-17-8)12-3-2-10(14)6-15-12/h2-7H,1H3. The van der Waals surface area contributed by atoms with Gasteiger partial charge in [0.2, 0.25) is 0 Å². The first kappa shape index (κ1) is 10.7. The molecule has 0 aliphatic heterocycles. The molecule has 0 amide bonds. The van der Waals surface area contributed by atoms with Gasteiger partial charge in [-0.05, 0) is 25.1 Å². The lowest BCUT2D eigenvalue weighted by molar-refractivity contribution is 0.622. The van der Waals surface area contributed by atoms with E-state index >= 15 is 0 Å². The Labute approximate surface area is 103 Å². The first-order chi connectivity index (χ1) is 8.74. The molecule has 0 aromatic carbocycles. The highest BCUT2D eigenvalue weighted by atomic mass is 19.1. The Hall–Kier alpha value is -2.43. The summed E-state index contributed by atoms with van der Waals surface area (Å²) in [7, 11) is 0. The number of hydrogen-bond acceptors (Lipinski definition) is 4. The molecule has 0 spiro atoms. The molecule has 0 saturated heterocycles. The molecule has 0 bridgehead atoms. The van der Waals surface area contributed by atoms with Crippen molar-refractivity contribution >= 4 is 11.0 Å². The van der Waals surface area contributed by atoms with Crippen LogP contribution in [0.3, 0.4) is 0 Å². The molecule has 3 aromatic heterocycles. The topological polar surface area (TPSA) is 51.6 Å². The Bertz CT molecular complexity index is 710. The largest absolute Gasteiger partial charge is 0.253 e. The zero-order chi connectivity index (χ0) is 12.5. The third kappa shape index (κ3) is 1.79. The van der Waals surface area contributed by atoms with Crippen LogP contribution in [-0.4, -0.2) is 19.9 Å². The van der Waals surface area contributed by atoms with Crippen molar-refractivity contribution in [1.29, 1.82) is 0 Å². The summed E-state index contributed by atoms with van der Waals surface area (Å²) >= 11 is 0. The van der Waals surface area contributed by atoms with Crippen molar-refractivity contribution in [3.63, 3.8) is 0 Å². The van der Waals surface area contributed by atoms with Crippen molar-refractivity contribution in [2.45, 2.75) is 6.92 Å². The Morgan fingerprint density at radius 2 is 1.89 bits per heavy atom. The molecule has 3 rings (SSSR count). The average molecular weight is 240 g/mol. The monoisotopic (exact) mass is 240 g/mol. The zero-order valence-electron chi connectivity index (χ0n) is 9.63. The van der Waals surface area contributed by atoms with Crippen LogP contribution in [0.5, 0.6) is 0 Å². The van der Waals surface area contributed by atoms with Crippen molar-refractivity contribution in [3.05, 3.63) is 48.4 Å². The van der Waals surface area contributed by atoms with Gasteiger partial charge in [0.15, 0.2) is 5.65 Å². The van der Waals surface area contributed by atoms with E-state index in [1.807, 2.05) is 13.0 Å². The van der Waals surface area contributed by atoms with E-state index in [9.17, 15) is 4.39 Å². The zero-order valence-corrected chi connectivity index (χ0v) is 9.63. The number of halogens is 1. The predicted octanol–water partition coefficient (Wildman–Crippen LogP) is 2.53. The van der Waals surface area contributed by atoms with Crippen molar-refractivity contribution in [2.75, 3.05) is 0 Å². The molecular formula is C13H9FN4. The molecule has 0 saturated carbocycles. The molecule has 0 radical (unpaired) electrons. The molecule has 4 nitrogen and oxygen atoms in total. The summed E-state index contributed by atoms with van der Waals surface area (Å²) in [6, 6.07) is 4.91. The second kappa shape index (κ2) is 4.10. The summed E-state index contributed by atoms with van der Waals surface area (Å²) in [4.78, 5) is 16.5. The molecule has 0 N–H and O–H groups in total. The van der Waals surface area contributed by atoms with Gasteiger partial charge in [-0.15, -0.1) is 0 Å². The van der Waals surface area contributed by atoms with Gasteiger partial charge in [-0.3, -0.25) is 4.98 Å². The molecule has 0 fully saturated rings. The minimum Gasteiger partial charge on any atom is -0.253 e. The summed E-state index contributed by atoms with van der Waals surface area (Å²) in [5, 5.41) is 0.876. The van der Waals surface area contributed by atoms with E-state index in [-0.39, 0.29) is 5.82 Å². The smallest absolute Gasteiger partial charge is 0.162 e. The Balaban J connectivity index is 2.18. The van der Waals surface area contributed by atoms with Crippen LogP contribution in [0.1, 0.15) is 5.69 Å². The minimum absolute atomic E-state index is 0.355. The fraction of sp³-hybridized carbons (Fsp3) is 0.0769. The van der Waals surface area contributed by atoms with Gasteiger partial charge in [-0.25, -0.2) is 19.3 Å². The number of pyridine rings is 2. The second-order valence-corrected chi connectivity index (χ2v) is 3.92. The highest BCUT2D eigenvalue weighted by Crippen LogP contribution is 2.21. The van der Waals surface area contributed by atoms with Gasteiger partial charge in [0, 0.05) is 17.1 Å². The van der Waals surface area contributed by atoms with Crippen LogP contribution >= 0.6 is 0 Å². The molecule has 5 heteroatoms. The fourth-order valence-electron chi connectivity index (χ4n) is 1.75. The van der Waals surface area contributed by atoms with E-state index in [0.29, 0.717) is 11.3 Å². The maximum Gasteiger partial charge on any atom is 0.162 e. The Morgan fingerprint density at radius 3 is 2.67 bits per heavy atom. The SMILES string of the molecule is Cc1ncnc2ncc(-c3ccc(F)cn3)cc12. The van der Waals surface area contributed by atoms with Crippen molar-refractivity contribution in [3.8, 4) is 11.3 Å². The van der Waals surface area contributed by atoms with E-state index in [4.69, 9.17) is 0 Å². The van der Waals surface area contributed by atoms with Crippen LogP contribution in [0, 0.1) is 12.7 Å². The molecule has 0 aliphatic carbocycles. The highest BCUT2D eigenvalue weighted by molar-refractivity contribution is 5.81. The van der Waals surface area contributed by atoms with Gasteiger partial charge < -0.3 is 0 Å². The molecular weight excluding hydrogens is 231 g/mol. The van der Waals surface area contributed by atoms with Crippen molar-refractivity contribution in [1.82, 2.24) is 19.9 Å². The van der Waals surface area contributed by atoms with E-state index in [1.165, 1.54) is 18.6 Å². The van der Waals surface area contributed by atoms with Gasteiger partial charge in [0.1, 0.15) is 12.1 Å². The summed E-state index contributed by atoms with van der Waals surface area (Å²) < 4.78 is 12.8. The molecule has 0 aliphatic rings. The molecule has 18 heavy (non-hydrogen) atoms. The van der Waals surface area contributed by atoms with Crippen LogP contribution in [0.2, 0.25) is 0 Å². The van der Waals surface area contributed by atoms with Crippen molar-refractivity contribution in [2.24, 2.45) is 0 Å². The lowest BCUT2D eigenvalue weighted by Gasteiger charge is -2.03. The van der Waals surface area contributed by atoms with Gasteiger partial charge in [-0.2, -0.15) is 0 Å². The van der Waals surface area contributed by atoms with Crippen LogP contribution in [0.15, 0.2) is 36.9 Å². The average Bonchev–Trinajstić information content (AvgIpc) is 2.40. The van der Waals surface area contributed by atoms with Gasteiger partial charge >= 0.3 is 0 Å². The second-order valence-electron chi connectivity index (χ2n) is 3.92. The summed E-state index contributed by atoms with van der Waals surface area (Å²) in [6.45, 7) is 1.90. The number of aromatic nitrogens is 4. The molecule has 3 heterocycles. The van der Waals surface area contributed by atoms with Gasteiger partial charge in [0.25, 0.3) is 0 Å². The van der Waals surface area contributed by atoms with E-state index in [1.54, 1.807) is 12.3 Å². The molecule has 0 atom stereocenters. The minimum atomic E-state index is -0.355. The summed E-state index contributed by atoms with van der Waals surface area (Å²) in [6.07, 6.45) is 4.35. The summed E-state index contributed by atoms with van der Waals surface area (Å²) in [5.41, 5.74) is 3.00. The maximum absolute atomic E-state index is 12.8. The fourth-order valence-corrected chi connectivity index (χ4v) is 1.75. The maximum atomic E-state index is 12.8. The lowest BCUT2D eigenvalue weighted by atomic mass is 10.1. The Morgan fingerprint density at radius 1 is 1.00 bits per heavy atom. The number of hydrogen-bond donors (Lipinski definition) is 0. The van der Waals surface area contributed by atoms with Crippen molar-refractivity contribution < 1.29 is 4.39 Å². The van der Waals surface area contributed by atoms with Gasteiger partial charge in [-0.1, -0.05) is 0 Å². The van der Waals surface area contributed by atoms with Crippen LogP contribution < -0.4 is 0 Å². The van der Waals surface area contributed by atoms with Crippen LogP contribution in [-0.2, 0) is 0 Å². The summed E-state index contributed by atoms with van der Waals surface area (Å²) in [5.74, 6) is -0.355. The highest BCUT2D eigenvalue weighted by Gasteiger charge is 2.05. The number of rotatable bonds is 1. The van der Waals surface area contributed by atoms with E-state index in [2.05, 4.69) is 19.9 Å². The third-order valence-electron chi connectivity index (χ3n) is 2.71. The van der Waals surface area contributed by atoms with E-state index < -0.39 is 0 Å². The van der Waals surface area contributed by atoms with Crippen LogP contribution in [0.25, 0.3) is 22.3 Å². The number of aryl methyl sites for hydroxylation is 1. The molecule has 0 unspecified atom stereocenters. The molecule has 3 aromatic rings. The number of fused-ring (bicyclic) bond motifs is 1. The Kier molecular flexibility index (Phi) is 2.44. The number of nitrogens with zero attached hydrogens (tertiary/aromatic N) is 4. The quantitative estimate of drug-likeness (QED) is 0.655.